The molecule has 368 valence electrons. The van der Waals surface area contributed by atoms with Crippen molar-refractivity contribution in [3.8, 4) is 0 Å². The van der Waals surface area contributed by atoms with Crippen LogP contribution in [0.25, 0.3) is 0 Å². The Hall–Kier alpha value is -1.93. The first-order valence-electron chi connectivity index (χ1n) is 24.8. The molecule has 1 aliphatic carbocycles. The molecule has 0 spiro atoms. The number of rotatable bonds is 41. The second-order valence-corrected chi connectivity index (χ2v) is 18.8. The molecule has 0 radical (unpaired) electrons. The van der Waals surface area contributed by atoms with E-state index in [1.165, 1.54) is 134 Å². The number of ether oxygens (including phenoxy) is 2. The molecule has 0 bridgehead atoms. The molecule has 6 unspecified atom stereocenters. The standard InChI is InChI=1S/C49H89O13P/c1-3-5-7-9-11-13-15-17-19-20-21-22-24-26-28-30-32-34-36-38-43(51)61-41(40-60-63(57,58)62-49-47(55)45(53)44(52)46(54)48(49)56)39-59-42(50)37-35-33-31-29-27-25-23-18-16-14-12-10-8-6-4-2/h17,19,31,33,35,37,41,44-49,52-56H,3-16,18,20-30,32,34,36,38-40H2,1-2H3,(H,57,58)/b19-17+,33-31+,37-35+/t41-,44?,45-,46?,47?,48?,49?/m1/s1. The normalized spacial score (nSPS) is 22.0. The predicted octanol–water partition coefficient (Wildman–Crippen LogP) is 10.2. The number of aliphatic hydroxyl groups excluding tert-OH is 5. The van der Waals surface area contributed by atoms with E-state index in [4.69, 9.17) is 18.5 Å². The van der Waals surface area contributed by atoms with Crippen LogP contribution in [0.5, 0.6) is 0 Å². The molecule has 14 heteroatoms. The maximum absolute atomic E-state index is 12.8. The van der Waals surface area contributed by atoms with E-state index in [2.05, 4.69) is 26.0 Å². The number of aliphatic hydroxyl groups is 5. The summed E-state index contributed by atoms with van der Waals surface area (Å²) >= 11 is 0. The van der Waals surface area contributed by atoms with Crippen molar-refractivity contribution in [2.24, 2.45) is 0 Å². The summed E-state index contributed by atoms with van der Waals surface area (Å²) in [6, 6.07) is 0. The molecule has 0 heterocycles. The Morgan fingerprint density at radius 1 is 0.524 bits per heavy atom. The van der Waals surface area contributed by atoms with Gasteiger partial charge in [0, 0.05) is 12.5 Å². The fourth-order valence-electron chi connectivity index (χ4n) is 7.55. The van der Waals surface area contributed by atoms with Crippen molar-refractivity contribution >= 4 is 19.8 Å². The van der Waals surface area contributed by atoms with E-state index in [1.54, 1.807) is 12.2 Å². The van der Waals surface area contributed by atoms with Crippen LogP contribution in [0.15, 0.2) is 36.5 Å². The average Bonchev–Trinajstić information content (AvgIpc) is 3.26. The van der Waals surface area contributed by atoms with Gasteiger partial charge < -0.3 is 39.9 Å². The Kier molecular flexibility index (Phi) is 36.8. The number of phosphoric ester groups is 1. The van der Waals surface area contributed by atoms with Crippen molar-refractivity contribution in [2.75, 3.05) is 13.2 Å². The minimum Gasteiger partial charge on any atom is -0.458 e. The molecule has 1 rings (SSSR count). The van der Waals surface area contributed by atoms with Crippen LogP contribution >= 0.6 is 7.82 Å². The lowest BCUT2D eigenvalue weighted by atomic mass is 9.85. The molecule has 0 saturated heterocycles. The lowest BCUT2D eigenvalue weighted by Gasteiger charge is -2.41. The topological polar surface area (TPSA) is 210 Å². The smallest absolute Gasteiger partial charge is 0.458 e. The van der Waals surface area contributed by atoms with Crippen LogP contribution in [0.2, 0.25) is 0 Å². The number of allylic oxidation sites excluding steroid dienone is 5. The number of unbranched alkanes of at least 4 members (excludes halogenated alkanes) is 26. The Morgan fingerprint density at radius 3 is 1.38 bits per heavy atom. The molecular formula is C49H89O13P. The second-order valence-electron chi connectivity index (χ2n) is 17.4. The van der Waals surface area contributed by atoms with Gasteiger partial charge >= 0.3 is 19.8 Å². The van der Waals surface area contributed by atoms with E-state index in [1.807, 2.05) is 6.08 Å². The molecule has 1 aliphatic rings. The molecule has 6 N–H and O–H groups in total. The number of hydrogen-bond acceptors (Lipinski definition) is 12. The summed E-state index contributed by atoms with van der Waals surface area (Å²) < 4.78 is 33.4. The summed E-state index contributed by atoms with van der Waals surface area (Å²) in [5, 5.41) is 50.2. The highest BCUT2D eigenvalue weighted by Crippen LogP contribution is 2.47. The summed E-state index contributed by atoms with van der Waals surface area (Å²) in [5.41, 5.74) is 0. The van der Waals surface area contributed by atoms with Gasteiger partial charge in [0.25, 0.3) is 0 Å². The van der Waals surface area contributed by atoms with Crippen LogP contribution in [0, 0.1) is 0 Å². The van der Waals surface area contributed by atoms with Gasteiger partial charge in [0.2, 0.25) is 0 Å². The Morgan fingerprint density at radius 2 is 0.921 bits per heavy atom. The maximum Gasteiger partial charge on any atom is 0.472 e. The molecule has 0 aromatic heterocycles. The first-order chi connectivity index (χ1) is 30.4. The number of carbonyl (C=O) groups excluding carboxylic acids is 2. The first kappa shape index (κ1) is 59.1. The molecule has 13 nitrogen and oxygen atoms in total. The lowest BCUT2D eigenvalue weighted by Crippen LogP contribution is -2.64. The summed E-state index contributed by atoms with van der Waals surface area (Å²) in [4.78, 5) is 35.6. The molecule has 0 amide bonds. The molecule has 0 aliphatic heterocycles. The largest absolute Gasteiger partial charge is 0.472 e. The zero-order valence-corrected chi connectivity index (χ0v) is 40.0. The number of esters is 2. The SMILES string of the molecule is CCCCCCCC/C=C/CCCCCCCCCCCC(=O)O[C@H](COC(=O)/C=C/C=C/CCCCCCCCCCCCC)COP(=O)(O)OC1C(O)C(O)C(O)[C@@H](O)C1O. The van der Waals surface area contributed by atoms with Crippen LogP contribution in [-0.2, 0) is 32.7 Å². The quantitative estimate of drug-likeness (QED) is 0.00843. The summed E-state index contributed by atoms with van der Waals surface area (Å²) in [6.07, 6.45) is 32.5. The summed E-state index contributed by atoms with van der Waals surface area (Å²) in [6.45, 7) is 3.20. The third-order valence-corrected chi connectivity index (χ3v) is 12.5. The number of carbonyl (C=O) groups is 2. The zero-order chi connectivity index (χ0) is 46.4. The van der Waals surface area contributed by atoms with Crippen molar-refractivity contribution in [1.82, 2.24) is 0 Å². The molecule has 63 heavy (non-hydrogen) atoms. The minimum atomic E-state index is -5.14. The van der Waals surface area contributed by atoms with E-state index < -0.39 is 75.7 Å². The van der Waals surface area contributed by atoms with Crippen LogP contribution in [0.1, 0.15) is 206 Å². The molecular weight excluding hydrogens is 828 g/mol. The van der Waals surface area contributed by atoms with E-state index in [9.17, 15) is 44.6 Å². The Balaban J connectivity index is 2.46. The van der Waals surface area contributed by atoms with Crippen LogP contribution in [-0.4, -0.2) is 98.3 Å². The van der Waals surface area contributed by atoms with E-state index in [0.29, 0.717) is 6.42 Å². The van der Waals surface area contributed by atoms with Crippen molar-refractivity contribution in [3.63, 3.8) is 0 Å². The van der Waals surface area contributed by atoms with E-state index in [0.717, 1.165) is 51.4 Å². The maximum atomic E-state index is 12.8. The molecule has 1 fully saturated rings. The molecule has 1 saturated carbocycles. The van der Waals surface area contributed by atoms with Crippen LogP contribution in [0.3, 0.4) is 0 Å². The van der Waals surface area contributed by atoms with E-state index >= 15 is 0 Å². The fourth-order valence-corrected chi connectivity index (χ4v) is 8.52. The monoisotopic (exact) mass is 917 g/mol. The molecule has 8 atom stereocenters. The first-order valence-corrected chi connectivity index (χ1v) is 26.3. The second kappa shape index (κ2) is 39.3. The highest BCUT2D eigenvalue weighted by Gasteiger charge is 2.51. The lowest BCUT2D eigenvalue weighted by molar-refractivity contribution is -0.220. The fraction of sp³-hybridized carbons (Fsp3) is 0.837. The van der Waals surface area contributed by atoms with Gasteiger partial charge in [-0.15, -0.1) is 0 Å². The minimum absolute atomic E-state index is 0.0759. The molecule has 0 aromatic rings. The third kappa shape index (κ3) is 31.6. The Labute approximate surface area is 380 Å². The molecule has 0 aromatic carbocycles. The Bertz CT molecular complexity index is 1240. The van der Waals surface area contributed by atoms with Crippen molar-refractivity contribution in [2.45, 2.75) is 249 Å². The van der Waals surface area contributed by atoms with Gasteiger partial charge in [0.05, 0.1) is 6.61 Å². The van der Waals surface area contributed by atoms with Gasteiger partial charge in [0.15, 0.2) is 6.10 Å². The average molecular weight is 917 g/mol. The number of hydrogen-bond donors (Lipinski definition) is 6. The van der Waals surface area contributed by atoms with Crippen LogP contribution < -0.4 is 0 Å². The number of phosphoric acid groups is 1. The van der Waals surface area contributed by atoms with Crippen molar-refractivity contribution in [3.05, 3.63) is 36.5 Å². The van der Waals surface area contributed by atoms with Gasteiger partial charge in [0.1, 0.15) is 43.2 Å². The van der Waals surface area contributed by atoms with Gasteiger partial charge in [-0.3, -0.25) is 13.8 Å². The third-order valence-electron chi connectivity index (χ3n) is 11.6. The van der Waals surface area contributed by atoms with Gasteiger partial charge in [-0.25, -0.2) is 9.36 Å². The van der Waals surface area contributed by atoms with Gasteiger partial charge in [-0.1, -0.05) is 185 Å². The zero-order valence-electron chi connectivity index (χ0n) is 39.1. The van der Waals surface area contributed by atoms with Gasteiger partial charge in [-0.05, 0) is 44.9 Å². The predicted molar refractivity (Wildman–Crippen MR) is 249 cm³/mol. The van der Waals surface area contributed by atoms with Crippen molar-refractivity contribution < 1.29 is 63.1 Å². The van der Waals surface area contributed by atoms with Crippen LogP contribution in [0.4, 0.5) is 0 Å². The van der Waals surface area contributed by atoms with Crippen molar-refractivity contribution in [1.29, 1.82) is 0 Å². The van der Waals surface area contributed by atoms with E-state index in [-0.39, 0.29) is 6.42 Å². The van der Waals surface area contributed by atoms with Gasteiger partial charge in [-0.2, -0.15) is 0 Å². The summed E-state index contributed by atoms with van der Waals surface area (Å²) in [7, 11) is -5.14. The summed E-state index contributed by atoms with van der Waals surface area (Å²) in [5.74, 6) is -1.35. The highest BCUT2D eigenvalue weighted by molar-refractivity contribution is 7.47. The highest BCUT2D eigenvalue weighted by atomic mass is 31.2.